The van der Waals surface area contributed by atoms with E-state index in [9.17, 15) is 0 Å². The summed E-state index contributed by atoms with van der Waals surface area (Å²) < 4.78 is 5.65. The molecule has 8 nitrogen and oxygen atoms in total. The molecule has 0 amide bonds. The van der Waals surface area contributed by atoms with E-state index in [0.717, 1.165) is 11.3 Å². The summed E-state index contributed by atoms with van der Waals surface area (Å²) in [5, 5.41) is 8.34. The Morgan fingerprint density at radius 3 is 1.71 bits per heavy atom. The molecule has 0 aromatic carbocycles. The maximum atomic E-state index is 4.26. The lowest BCUT2D eigenvalue weighted by Gasteiger charge is -2.06. The van der Waals surface area contributed by atoms with E-state index in [0.29, 0.717) is 17.8 Å². The van der Waals surface area contributed by atoms with Crippen molar-refractivity contribution < 1.29 is 0 Å². The van der Waals surface area contributed by atoms with Crippen molar-refractivity contribution in [2.45, 2.75) is 101 Å². The molecule has 6 aromatic heterocycles. The van der Waals surface area contributed by atoms with Crippen LogP contribution < -0.4 is 0 Å². The third-order valence-corrected chi connectivity index (χ3v) is 5.99. The standard InChI is InChI=1S/C10H12N2.2C9H11N3.3C2H6/c1-8(2)9-5-6-11-12-7-3-4-10(9)12;1-7(2)8-5-10-6-12-4-3-11-9(8)12;1-7(2)8-3-4-11-12-6-5-10-9(8)12;3*1-2/h3-8H,1-2H3;2*3-7H,1-2H3;3*1-2H3. The summed E-state index contributed by atoms with van der Waals surface area (Å²) in [5.74, 6) is 1.53. The number of fused-ring (bicyclic) bond motifs is 3. The van der Waals surface area contributed by atoms with Crippen molar-refractivity contribution in [2.75, 3.05) is 0 Å². The second-order valence-electron chi connectivity index (χ2n) is 9.58. The smallest absolute Gasteiger partial charge is 0.156 e. The van der Waals surface area contributed by atoms with E-state index in [1.165, 1.54) is 22.2 Å². The van der Waals surface area contributed by atoms with E-state index in [4.69, 9.17) is 0 Å². The van der Waals surface area contributed by atoms with Gasteiger partial charge in [0.25, 0.3) is 0 Å². The van der Waals surface area contributed by atoms with E-state index in [1.54, 1.807) is 23.2 Å². The van der Waals surface area contributed by atoms with Crippen LogP contribution in [0, 0.1) is 0 Å². The van der Waals surface area contributed by atoms with Gasteiger partial charge < -0.3 is 0 Å². The molecular weight excluding hydrogens is 520 g/mol. The van der Waals surface area contributed by atoms with Gasteiger partial charge in [-0.05, 0) is 47.6 Å². The monoisotopic (exact) mass is 572 g/mol. The quantitative estimate of drug-likeness (QED) is 0.211. The van der Waals surface area contributed by atoms with Crippen LogP contribution in [-0.4, -0.2) is 38.6 Å². The molecule has 0 aliphatic carbocycles. The van der Waals surface area contributed by atoms with Crippen LogP contribution in [0.25, 0.3) is 16.8 Å². The first-order chi connectivity index (χ1) is 20.4. The van der Waals surface area contributed by atoms with Crippen molar-refractivity contribution in [1.82, 2.24) is 38.6 Å². The van der Waals surface area contributed by atoms with Gasteiger partial charge >= 0.3 is 0 Å². The molecule has 6 heterocycles. The summed E-state index contributed by atoms with van der Waals surface area (Å²) in [7, 11) is 0. The Hall–Kier alpha value is -4.07. The Balaban J connectivity index is 0.000000289. The van der Waals surface area contributed by atoms with Crippen molar-refractivity contribution in [3.8, 4) is 0 Å². The van der Waals surface area contributed by atoms with E-state index in [2.05, 4.69) is 78.8 Å². The molecule has 0 N–H and O–H groups in total. The zero-order chi connectivity index (χ0) is 31.7. The molecule has 0 unspecified atom stereocenters. The second kappa shape index (κ2) is 19.1. The Kier molecular flexibility index (Phi) is 16.4. The Morgan fingerprint density at radius 1 is 0.548 bits per heavy atom. The summed E-state index contributed by atoms with van der Waals surface area (Å²) in [6.45, 7) is 25.0. The van der Waals surface area contributed by atoms with Gasteiger partial charge in [-0.25, -0.2) is 24.0 Å². The Labute approximate surface area is 252 Å². The average molecular weight is 573 g/mol. The summed E-state index contributed by atoms with van der Waals surface area (Å²) in [5.41, 5.74) is 6.99. The molecule has 6 rings (SSSR count). The molecule has 0 radical (unpaired) electrons. The van der Waals surface area contributed by atoms with Crippen molar-refractivity contribution in [1.29, 1.82) is 0 Å². The fraction of sp³-hybridized carbons (Fsp3) is 0.441. The maximum Gasteiger partial charge on any atom is 0.156 e. The van der Waals surface area contributed by atoms with Crippen LogP contribution in [0.3, 0.4) is 0 Å². The number of imidazole rings is 2. The highest BCUT2D eigenvalue weighted by atomic mass is 15.2. The predicted molar refractivity (Wildman–Crippen MR) is 177 cm³/mol. The van der Waals surface area contributed by atoms with Crippen LogP contribution >= 0.6 is 0 Å². The van der Waals surface area contributed by atoms with Crippen molar-refractivity contribution in [2.24, 2.45) is 0 Å². The minimum Gasteiger partial charge on any atom is -0.290 e. The fourth-order valence-corrected chi connectivity index (χ4v) is 4.05. The maximum absolute atomic E-state index is 4.26. The highest BCUT2D eigenvalue weighted by Gasteiger charge is 2.07. The summed E-state index contributed by atoms with van der Waals surface area (Å²) in [4.78, 5) is 12.6. The largest absolute Gasteiger partial charge is 0.290 e. The molecular formula is C34H52N8. The second-order valence-corrected chi connectivity index (χ2v) is 9.58. The molecule has 0 saturated heterocycles. The third kappa shape index (κ3) is 9.50. The average Bonchev–Trinajstić information content (AvgIpc) is 3.81. The summed E-state index contributed by atoms with van der Waals surface area (Å²) >= 11 is 0. The van der Waals surface area contributed by atoms with E-state index in [1.807, 2.05) is 99.8 Å². The minimum atomic E-state index is 0.476. The zero-order valence-corrected chi connectivity index (χ0v) is 27.8. The van der Waals surface area contributed by atoms with Gasteiger partial charge in [-0.3, -0.25) is 4.40 Å². The molecule has 0 aliphatic rings. The van der Waals surface area contributed by atoms with Gasteiger partial charge in [0.2, 0.25) is 0 Å². The summed E-state index contributed by atoms with van der Waals surface area (Å²) in [6, 6.07) is 8.23. The van der Waals surface area contributed by atoms with Gasteiger partial charge in [0.05, 0.1) is 5.52 Å². The molecule has 228 valence electrons. The number of rotatable bonds is 3. The highest BCUT2D eigenvalue weighted by molar-refractivity contribution is 5.55. The first kappa shape index (κ1) is 36.0. The molecule has 8 heteroatoms. The molecule has 0 spiro atoms. The summed E-state index contributed by atoms with van der Waals surface area (Å²) in [6.07, 6.45) is 16.6. The first-order valence-corrected chi connectivity index (χ1v) is 15.3. The Morgan fingerprint density at radius 2 is 1.10 bits per heavy atom. The number of aromatic nitrogens is 8. The molecule has 0 atom stereocenters. The van der Waals surface area contributed by atoms with Gasteiger partial charge in [-0.1, -0.05) is 83.1 Å². The first-order valence-electron chi connectivity index (χ1n) is 15.3. The number of hydrogen-bond acceptors (Lipinski definition) is 5. The van der Waals surface area contributed by atoms with Gasteiger partial charge in [-0.15, -0.1) is 0 Å². The van der Waals surface area contributed by atoms with Crippen LogP contribution in [0.5, 0.6) is 0 Å². The lowest BCUT2D eigenvalue weighted by Crippen LogP contribution is -1.96. The molecule has 6 aromatic rings. The number of nitrogens with zero attached hydrogens (tertiary/aromatic N) is 8. The SMILES string of the molecule is CC.CC.CC.CC(C)c1ccnn2cccc12.CC(C)c1ccnn2ccnc12.CC(C)c1cncn2ccnc12. The molecule has 0 fully saturated rings. The highest BCUT2D eigenvalue weighted by Crippen LogP contribution is 2.19. The van der Waals surface area contributed by atoms with Crippen molar-refractivity contribution >= 4 is 16.8 Å². The van der Waals surface area contributed by atoms with E-state index in [-0.39, 0.29) is 0 Å². The van der Waals surface area contributed by atoms with Gasteiger partial charge in [0.15, 0.2) is 5.65 Å². The molecule has 0 aliphatic heterocycles. The van der Waals surface area contributed by atoms with Crippen LogP contribution in [0.15, 0.2) is 80.2 Å². The lowest BCUT2D eigenvalue weighted by molar-refractivity contribution is 0.835. The van der Waals surface area contributed by atoms with Crippen LogP contribution in [0.4, 0.5) is 0 Å². The van der Waals surface area contributed by atoms with Crippen LogP contribution in [0.2, 0.25) is 0 Å². The lowest BCUT2D eigenvalue weighted by atomic mass is 10.0. The topological polar surface area (TPSA) is 77.7 Å². The normalized spacial score (nSPS) is 10.1. The zero-order valence-electron chi connectivity index (χ0n) is 27.8. The Bertz CT molecular complexity index is 1350. The minimum absolute atomic E-state index is 0.476. The van der Waals surface area contributed by atoms with Gasteiger partial charge in [-0.2, -0.15) is 10.2 Å². The van der Waals surface area contributed by atoms with Crippen molar-refractivity contribution in [3.63, 3.8) is 0 Å². The van der Waals surface area contributed by atoms with E-state index < -0.39 is 0 Å². The van der Waals surface area contributed by atoms with Gasteiger partial charge in [0.1, 0.15) is 12.0 Å². The third-order valence-electron chi connectivity index (χ3n) is 5.99. The number of hydrogen-bond donors (Lipinski definition) is 0. The molecule has 42 heavy (non-hydrogen) atoms. The molecule has 0 bridgehead atoms. The fourth-order valence-electron chi connectivity index (χ4n) is 4.05. The predicted octanol–water partition coefficient (Wildman–Crippen LogP) is 9.24. The van der Waals surface area contributed by atoms with Crippen LogP contribution in [-0.2, 0) is 0 Å². The van der Waals surface area contributed by atoms with Crippen molar-refractivity contribution in [3.05, 3.63) is 96.9 Å². The van der Waals surface area contributed by atoms with Gasteiger partial charge in [0, 0.05) is 60.7 Å². The van der Waals surface area contributed by atoms with Crippen LogP contribution in [0.1, 0.15) is 118 Å². The van der Waals surface area contributed by atoms with E-state index >= 15 is 0 Å². The molecule has 0 saturated carbocycles.